The average Bonchev–Trinajstić information content (AvgIpc) is 2.32. The van der Waals surface area contributed by atoms with Gasteiger partial charge in [0.1, 0.15) is 6.54 Å². The number of carbonyl (C=O) groups is 3. The van der Waals surface area contributed by atoms with Gasteiger partial charge < -0.3 is 20.6 Å². The van der Waals surface area contributed by atoms with Crippen LogP contribution in [0, 0.1) is 11.3 Å². The molecule has 0 atom stereocenters. The molecule has 0 heterocycles. The van der Waals surface area contributed by atoms with Crippen LogP contribution in [0.5, 0.6) is 0 Å². The molecule has 0 aliphatic heterocycles. The van der Waals surface area contributed by atoms with Crippen LogP contribution in [0.1, 0.15) is 27.7 Å². The van der Waals surface area contributed by atoms with Crippen LogP contribution in [0.15, 0.2) is 0 Å². The van der Waals surface area contributed by atoms with Crippen LogP contribution in [0.3, 0.4) is 0 Å². The molecule has 0 unspecified atom stereocenters. The highest BCUT2D eigenvalue weighted by atomic mass is 16.4. The lowest BCUT2D eigenvalue weighted by Gasteiger charge is -2.27. The van der Waals surface area contributed by atoms with Gasteiger partial charge in [-0.1, -0.05) is 13.8 Å². The summed E-state index contributed by atoms with van der Waals surface area (Å²) in [4.78, 5) is 35.6. The van der Waals surface area contributed by atoms with E-state index in [1.165, 1.54) is 11.9 Å². The van der Waals surface area contributed by atoms with Crippen molar-refractivity contribution < 1.29 is 19.5 Å². The van der Waals surface area contributed by atoms with Crippen molar-refractivity contribution in [3.8, 4) is 0 Å². The summed E-state index contributed by atoms with van der Waals surface area (Å²) in [6, 6.07) is -0.474. The molecule has 0 aromatic rings. The molecule has 0 aliphatic rings. The summed E-state index contributed by atoms with van der Waals surface area (Å²) in [7, 11) is 1.53. The summed E-state index contributed by atoms with van der Waals surface area (Å²) in [5.41, 5.74) is -0.753. The van der Waals surface area contributed by atoms with E-state index in [4.69, 9.17) is 5.11 Å². The summed E-state index contributed by atoms with van der Waals surface area (Å²) < 4.78 is 0. The van der Waals surface area contributed by atoms with E-state index in [0.29, 0.717) is 6.54 Å². The Morgan fingerprint density at radius 1 is 1.25 bits per heavy atom. The summed E-state index contributed by atoms with van der Waals surface area (Å²) in [6.07, 6.45) is 0. The van der Waals surface area contributed by atoms with E-state index >= 15 is 0 Å². The van der Waals surface area contributed by atoms with Gasteiger partial charge in [0.2, 0.25) is 5.91 Å². The number of nitrogens with one attached hydrogen (secondary N) is 2. The van der Waals surface area contributed by atoms with E-state index in [1.54, 1.807) is 13.8 Å². The van der Waals surface area contributed by atoms with E-state index in [-0.39, 0.29) is 24.9 Å². The molecular weight excluding hydrogens is 262 g/mol. The van der Waals surface area contributed by atoms with Gasteiger partial charge in [0.25, 0.3) is 0 Å². The van der Waals surface area contributed by atoms with Crippen LogP contribution in [-0.4, -0.2) is 54.6 Å². The van der Waals surface area contributed by atoms with E-state index in [2.05, 4.69) is 10.6 Å². The quantitative estimate of drug-likeness (QED) is 0.635. The summed E-state index contributed by atoms with van der Waals surface area (Å²) in [5.74, 6) is -1.09. The maximum absolute atomic E-state index is 12.0. The fourth-order valence-electron chi connectivity index (χ4n) is 1.65. The Kier molecular flexibility index (Phi) is 7.02. The van der Waals surface area contributed by atoms with Gasteiger partial charge in [-0.3, -0.25) is 9.59 Å². The number of nitrogens with zero attached hydrogens (tertiary/aromatic N) is 1. The Morgan fingerprint density at radius 2 is 1.80 bits per heavy atom. The zero-order chi connectivity index (χ0) is 15.9. The lowest BCUT2D eigenvalue weighted by Crippen LogP contribution is -2.49. The normalized spacial score (nSPS) is 11.1. The molecule has 0 saturated carbocycles. The van der Waals surface area contributed by atoms with Crippen LogP contribution in [0.2, 0.25) is 0 Å². The SMILES string of the molecule is CNC(=O)C(C)(C)CNC(=O)N(CC(=O)O)CC(C)C. The maximum Gasteiger partial charge on any atom is 0.323 e. The Hall–Kier alpha value is -1.79. The number of rotatable bonds is 7. The average molecular weight is 287 g/mol. The van der Waals surface area contributed by atoms with Crippen LogP contribution >= 0.6 is 0 Å². The fraction of sp³-hybridized carbons (Fsp3) is 0.769. The predicted octanol–water partition coefficient (Wildman–Crippen LogP) is 0.511. The highest BCUT2D eigenvalue weighted by molar-refractivity contribution is 5.83. The Morgan fingerprint density at radius 3 is 2.20 bits per heavy atom. The maximum atomic E-state index is 12.0. The van der Waals surface area contributed by atoms with E-state index < -0.39 is 17.4 Å². The first-order valence-corrected chi connectivity index (χ1v) is 6.57. The molecule has 0 aromatic carbocycles. The molecule has 20 heavy (non-hydrogen) atoms. The second kappa shape index (κ2) is 7.72. The van der Waals surface area contributed by atoms with Crippen molar-refractivity contribution in [1.82, 2.24) is 15.5 Å². The first-order valence-electron chi connectivity index (χ1n) is 6.57. The summed E-state index contributed by atoms with van der Waals surface area (Å²) >= 11 is 0. The van der Waals surface area contributed by atoms with Gasteiger partial charge in [0.05, 0.1) is 5.41 Å². The highest BCUT2D eigenvalue weighted by Crippen LogP contribution is 2.13. The number of amides is 3. The lowest BCUT2D eigenvalue weighted by molar-refractivity contribution is -0.137. The molecule has 0 saturated heterocycles. The summed E-state index contributed by atoms with van der Waals surface area (Å²) in [6.45, 7) is 7.34. The number of aliphatic carboxylic acids is 1. The van der Waals surface area contributed by atoms with E-state index in [0.717, 1.165) is 0 Å². The number of carbonyl (C=O) groups excluding carboxylic acids is 2. The minimum absolute atomic E-state index is 0.139. The number of hydrogen-bond donors (Lipinski definition) is 3. The molecule has 0 aliphatic carbocycles. The molecular formula is C13H25N3O4. The van der Waals surface area contributed by atoms with Crippen molar-refractivity contribution in [1.29, 1.82) is 0 Å². The predicted molar refractivity (Wildman–Crippen MR) is 75.3 cm³/mol. The third-order valence-corrected chi connectivity index (χ3v) is 2.72. The molecule has 7 heteroatoms. The first-order chi connectivity index (χ1) is 9.10. The lowest BCUT2D eigenvalue weighted by atomic mass is 9.92. The topological polar surface area (TPSA) is 98.7 Å². The largest absolute Gasteiger partial charge is 0.480 e. The van der Waals surface area contributed by atoms with Gasteiger partial charge in [-0.15, -0.1) is 0 Å². The third kappa shape index (κ3) is 6.40. The van der Waals surface area contributed by atoms with E-state index in [9.17, 15) is 14.4 Å². The van der Waals surface area contributed by atoms with Gasteiger partial charge in [0.15, 0.2) is 0 Å². The van der Waals surface area contributed by atoms with Crippen molar-refractivity contribution in [2.75, 3.05) is 26.7 Å². The highest BCUT2D eigenvalue weighted by Gasteiger charge is 2.28. The van der Waals surface area contributed by atoms with Crippen molar-refractivity contribution >= 4 is 17.9 Å². The van der Waals surface area contributed by atoms with Crippen molar-refractivity contribution in [2.45, 2.75) is 27.7 Å². The van der Waals surface area contributed by atoms with Crippen molar-refractivity contribution in [3.05, 3.63) is 0 Å². The molecule has 0 bridgehead atoms. The minimum atomic E-state index is -1.06. The smallest absolute Gasteiger partial charge is 0.323 e. The molecule has 0 radical (unpaired) electrons. The molecule has 0 fully saturated rings. The molecule has 3 N–H and O–H groups in total. The monoisotopic (exact) mass is 287 g/mol. The van der Waals surface area contributed by atoms with Crippen LogP contribution in [-0.2, 0) is 9.59 Å². The zero-order valence-electron chi connectivity index (χ0n) is 12.8. The van der Waals surface area contributed by atoms with E-state index in [1.807, 2.05) is 13.8 Å². The standard InChI is InChI=1S/C13H25N3O4/c1-9(2)6-16(7-10(17)18)12(20)15-8-13(3,4)11(19)14-5/h9H,6-8H2,1-5H3,(H,14,19)(H,15,20)(H,17,18). The van der Waals surface area contributed by atoms with Crippen LogP contribution in [0.25, 0.3) is 0 Å². The Labute approximate surface area is 119 Å². The molecule has 7 nitrogen and oxygen atoms in total. The van der Waals surface area contributed by atoms with Gasteiger partial charge in [0, 0.05) is 20.1 Å². The molecule has 0 aromatic heterocycles. The van der Waals surface area contributed by atoms with Crippen molar-refractivity contribution in [3.63, 3.8) is 0 Å². The number of carboxylic acid groups (broad SMARTS) is 1. The van der Waals surface area contributed by atoms with Crippen molar-refractivity contribution in [2.24, 2.45) is 11.3 Å². The molecule has 0 spiro atoms. The second-order valence-corrected chi connectivity index (χ2v) is 5.79. The van der Waals surface area contributed by atoms with Gasteiger partial charge in [-0.25, -0.2) is 4.79 Å². The third-order valence-electron chi connectivity index (χ3n) is 2.72. The van der Waals surface area contributed by atoms with Crippen LogP contribution in [0.4, 0.5) is 4.79 Å². The molecule has 116 valence electrons. The zero-order valence-corrected chi connectivity index (χ0v) is 12.8. The number of carboxylic acids is 1. The minimum Gasteiger partial charge on any atom is -0.480 e. The first kappa shape index (κ1) is 18.2. The van der Waals surface area contributed by atoms with Gasteiger partial charge in [-0.05, 0) is 19.8 Å². The Balaban J connectivity index is 4.60. The fourth-order valence-corrected chi connectivity index (χ4v) is 1.65. The Bertz CT molecular complexity index is 367. The van der Waals surface area contributed by atoms with Gasteiger partial charge >= 0.3 is 12.0 Å². The summed E-state index contributed by atoms with van der Waals surface area (Å²) in [5, 5.41) is 14.0. The molecule has 0 rings (SSSR count). The van der Waals surface area contributed by atoms with Crippen LogP contribution < -0.4 is 10.6 Å². The molecule has 3 amide bonds. The number of urea groups is 1. The number of hydrogen-bond acceptors (Lipinski definition) is 3. The second-order valence-electron chi connectivity index (χ2n) is 5.79. The van der Waals surface area contributed by atoms with Gasteiger partial charge in [-0.2, -0.15) is 0 Å².